The fraction of sp³-hybridized carbons (Fsp3) is 0.734. The van der Waals surface area contributed by atoms with Crippen LogP contribution in [-0.4, -0.2) is 288 Å². The van der Waals surface area contributed by atoms with Gasteiger partial charge in [-0.25, -0.2) is 0 Å². The Bertz CT molecular complexity index is 3240. The zero-order valence-electron chi connectivity index (χ0n) is 61.0. The highest BCUT2D eigenvalue weighted by Crippen LogP contribution is 2.42. The molecule has 600 valence electrons. The molecule has 0 saturated carbocycles. The Morgan fingerprint density at radius 1 is 0.168 bits per heavy atom. The van der Waals surface area contributed by atoms with Crippen LogP contribution in [-0.2, 0) is 205 Å². The number of carbonyl (C=O) groups excluding carboxylic acids is 17. The van der Waals surface area contributed by atoms with Crippen LogP contribution in [0.25, 0.3) is 0 Å². The van der Waals surface area contributed by atoms with Crippen LogP contribution < -0.4 is 0 Å². The molecule has 0 bridgehead atoms. The Kier molecular flexibility index (Phi) is 33.4. The van der Waals surface area contributed by atoms with Crippen molar-refractivity contribution in [1.29, 1.82) is 0 Å². The van der Waals surface area contributed by atoms with E-state index >= 15 is 0 Å². The van der Waals surface area contributed by atoms with E-state index in [0.29, 0.717) is 0 Å². The maximum Gasteiger partial charge on any atom is 0.305 e. The molecule has 0 aliphatic carbocycles. The third kappa shape index (κ3) is 26.8. The average molecular weight is 1540 g/mol. The highest BCUT2D eigenvalue weighted by molar-refractivity contribution is 5.72. The lowest BCUT2D eigenvalue weighted by atomic mass is 9.94. The van der Waals surface area contributed by atoms with E-state index in [1.165, 1.54) is 0 Å². The number of esters is 17. The second-order valence-electron chi connectivity index (χ2n) is 24.1. The molecular weight excluding hydrogens is 1460 g/mol. The smallest absolute Gasteiger partial charge is 0.305 e. The van der Waals surface area contributed by atoms with E-state index in [1.807, 2.05) is 0 Å². The van der Waals surface area contributed by atoms with E-state index < -0.39 is 288 Å². The number of ether oxygens (including phenoxy) is 26. The Balaban J connectivity index is 1.74. The van der Waals surface area contributed by atoms with E-state index in [1.54, 1.807) is 0 Å². The molecule has 0 aromatic carbocycles. The third-order valence-corrected chi connectivity index (χ3v) is 15.0. The zero-order chi connectivity index (χ0) is 80.2. The predicted octanol–water partition coefficient (Wildman–Crippen LogP) is -2.22. The molecule has 0 radical (unpaired) electrons. The maximum atomic E-state index is 13.6. The van der Waals surface area contributed by atoms with Crippen LogP contribution in [0.4, 0.5) is 0 Å². The van der Waals surface area contributed by atoms with Gasteiger partial charge in [0.2, 0.25) is 12.4 Å². The van der Waals surface area contributed by atoms with Gasteiger partial charge in [0.15, 0.2) is 86.2 Å². The average Bonchev–Trinajstić information content (AvgIpc) is 0.761. The van der Waals surface area contributed by atoms with Crippen LogP contribution in [0.5, 0.6) is 0 Å². The first kappa shape index (κ1) is 88.3. The van der Waals surface area contributed by atoms with Crippen molar-refractivity contribution in [1.82, 2.24) is 0 Å². The summed E-state index contributed by atoms with van der Waals surface area (Å²) in [5.74, 6) is -18.7. The van der Waals surface area contributed by atoms with E-state index in [-0.39, 0.29) is 0 Å². The number of hydrogen-bond acceptors (Lipinski definition) is 43. The van der Waals surface area contributed by atoms with Gasteiger partial charge in [0, 0.05) is 118 Å². The fourth-order valence-corrected chi connectivity index (χ4v) is 11.6. The van der Waals surface area contributed by atoms with Gasteiger partial charge in [-0.3, -0.25) is 81.5 Å². The summed E-state index contributed by atoms with van der Waals surface area (Å²) in [5.41, 5.74) is 0. The third-order valence-electron chi connectivity index (χ3n) is 15.0. The van der Waals surface area contributed by atoms with Gasteiger partial charge in [0.1, 0.15) is 88.0 Å². The molecule has 5 heterocycles. The minimum atomic E-state index is -2.34. The minimum absolute atomic E-state index is 0.792. The summed E-state index contributed by atoms with van der Waals surface area (Å²) in [6.45, 7) is 10.8. The standard InChI is InChI=1S/C64H86O43/c1-23(65)82-18-40-45(87-28(6)70)50(88-29(7)71)56(94-35(13)77)61(100-40)105-47-42(20-84-25(3)67)102-63(58(96-37(15)79)52(47)90-31(9)73)107-49-44(22-86-27(5)69)103-64(59(97-38(16)80)54(49)92-33(11)75)106-48-43(21-85-26(4)68)101-62(57(95-36(14)78)53(48)91-32(10)74)104-46-41(19-83-24(2)66)99-60(98-39(17)81)55(93-34(12)76)51(46)89-30(8)72/h40-64H,18-22H2,1-17H3/t40-,41-,42-,43-,44-,45-,46-,47-,48-,49-,50+,51+,52+,53+,54+,55-,56-,57-,58-,59-,60?,61+,62+,63+,64+/m1/s1. The molecule has 5 rings (SSSR count). The molecule has 25 atom stereocenters. The van der Waals surface area contributed by atoms with Gasteiger partial charge < -0.3 is 123 Å². The second-order valence-corrected chi connectivity index (χ2v) is 24.1. The van der Waals surface area contributed by atoms with E-state index in [0.717, 1.165) is 118 Å². The van der Waals surface area contributed by atoms with E-state index in [2.05, 4.69) is 0 Å². The van der Waals surface area contributed by atoms with Gasteiger partial charge in [-0.05, 0) is 0 Å². The summed E-state index contributed by atoms with van der Waals surface area (Å²) >= 11 is 0. The zero-order valence-corrected chi connectivity index (χ0v) is 61.0. The normalized spacial score (nSPS) is 32.3. The van der Waals surface area contributed by atoms with Crippen molar-refractivity contribution in [2.24, 2.45) is 0 Å². The van der Waals surface area contributed by atoms with Crippen molar-refractivity contribution in [3.05, 3.63) is 0 Å². The molecule has 0 aromatic heterocycles. The van der Waals surface area contributed by atoms with Gasteiger partial charge in [0.05, 0.1) is 0 Å². The highest BCUT2D eigenvalue weighted by atomic mass is 16.8. The van der Waals surface area contributed by atoms with Crippen molar-refractivity contribution in [2.75, 3.05) is 33.0 Å². The maximum absolute atomic E-state index is 13.6. The molecule has 1 unspecified atom stereocenters. The Hall–Kier alpha value is -9.37. The molecule has 107 heavy (non-hydrogen) atoms. The molecule has 0 N–H and O–H groups in total. The Morgan fingerprint density at radius 2 is 0.308 bits per heavy atom. The first-order valence-electron chi connectivity index (χ1n) is 32.7. The lowest BCUT2D eigenvalue weighted by Gasteiger charge is -2.51. The Morgan fingerprint density at radius 3 is 0.486 bits per heavy atom. The second kappa shape index (κ2) is 40.5. The summed E-state index contributed by atoms with van der Waals surface area (Å²) in [6, 6.07) is 0. The van der Waals surface area contributed by atoms with Crippen LogP contribution in [0.2, 0.25) is 0 Å². The van der Waals surface area contributed by atoms with Gasteiger partial charge in [-0.15, -0.1) is 0 Å². The van der Waals surface area contributed by atoms with Crippen LogP contribution in [0.15, 0.2) is 0 Å². The SMILES string of the molecule is CC(=O)OC[C@H]1O[C@@H](O[C@H]2[C@H](OC(C)=O)[C@@H](OC(C)=O)[C@H](O[C@H]3[C@H](OC(C)=O)[C@@H](OC(C)=O)[C@H](O[C@H]4[C@H](OC(C)=O)[C@@H](OC(C)=O)[C@H](O[C@H]5[C@H](OC(C)=O)[C@@H](OC(C)=O)C(OC(C)=O)O[C@@H]5COC(C)=O)O[C@@H]4COC(C)=O)O[C@@H]3COC(C)=O)O[C@@H]2COC(C)=O)[C@H](OC(C)=O)[C@@H](OC(C)=O)[C@@H]1OC(C)=O. The van der Waals surface area contributed by atoms with Crippen LogP contribution >= 0.6 is 0 Å². The topological polar surface area (TPSA) is 530 Å². The molecule has 5 fully saturated rings. The largest absolute Gasteiger partial charge is 0.463 e. The number of hydrogen-bond donors (Lipinski definition) is 0. The minimum Gasteiger partial charge on any atom is -0.463 e. The molecular formula is C64H86O43. The van der Waals surface area contributed by atoms with Crippen LogP contribution in [0.1, 0.15) is 118 Å². The summed E-state index contributed by atoms with van der Waals surface area (Å²) in [4.78, 5) is 221. The summed E-state index contributed by atoms with van der Waals surface area (Å²) < 4.78 is 152. The molecule has 5 aliphatic heterocycles. The van der Waals surface area contributed by atoms with E-state index in [9.17, 15) is 81.5 Å². The number of carbonyl (C=O) groups is 17. The van der Waals surface area contributed by atoms with Gasteiger partial charge in [-0.1, -0.05) is 0 Å². The Labute approximate surface area is 608 Å². The van der Waals surface area contributed by atoms with Gasteiger partial charge >= 0.3 is 101 Å². The van der Waals surface area contributed by atoms with Crippen molar-refractivity contribution in [3.8, 4) is 0 Å². The lowest BCUT2D eigenvalue weighted by Crippen LogP contribution is -2.70. The van der Waals surface area contributed by atoms with Crippen molar-refractivity contribution >= 4 is 101 Å². The molecule has 0 aromatic rings. The lowest BCUT2D eigenvalue weighted by molar-refractivity contribution is -0.393. The molecule has 5 saturated heterocycles. The molecule has 5 aliphatic rings. The summed E-state index contributed by atoms with van der Waals surface area (Å²) in [6.07, 6.45) is -51.5. The summed E-state index contributed by atoms with van der Waals surface area (Å²) in [7, 11) is 0. The first-order chi connectivity index (χ1) is 50.0. The molecule has 0 spiro atoms. The first-order valence-corrected chi connectivity index (χ1v) is 32.7. The highest BCUT2D eigenvalue weighted by Gasteiger charge is 2.63. The van der Waals surface area contributed by atoms with Crippen LogP contribution in [0, 0.1) is 0 Å². The van der Waals surface area contributed by atoms with Gasteiger partial charge in [0.25, 0.3) is 0 Å². The number of rotatable bonds is 30. The monoisotopic (exact) mass is 1540 g/mol. The van der Waals surface area contributed by atoms with Crippen molar-refractivity contribution in [3.63, 3.8) is 0 Å². The van der Waals surface area contributed by atoms with Crippen LogP contribution in [0.3, 0.4) is 0 Å². The predicted molar refractivity (Wildman–Crippen MR) is 329 cm³/mol. The van der Waals surface area contributed by atoms with Crippen molar-refractivity contribution in [2.45, 2.75) is 271 Å². The fourth-order valence-electron chi connectivity index (χ4n) is 11.6. The molecule has 43 nitrogen and oxygen atoms in total. The van der Waals surface area contributed by atoms with E-state index in [4.69, 9.17) is 123 Å². The quantitative estimate of drug-likeness (QED) is 0.0543. The molecule has 43 heteroatoms. The van der Waals surface area contributed by atoms with Crippen molar-refractivity contribution < 1.29 is 205 Å². The summed E-state index contributed by atoms with van der Waals surface area (Å²) in [5, 5.41) is 0. The van der Waals surface area contributed by atoms with Gasteiger partial charge in [-0.2, -0.15) is 0 Å². The molecule has 0 amide bonds.